The zero-order valence-electron chi connectivity index (χ0n) is 11.4. The highest BCUT2D eigenvalue weighted by Gasteiger charge is 2.18. The predicted octanol–water partition coefficient (Wildman–Crippen LogP) is 4.17. The van der Waals surface area contributed by atoms with Gasteiger partial charge in [-0.2, -0.15) is 0 Å². The minimum absolute atomic E-state index is 0.121. The van der Waals surface area contributed by atoms with Gasteiger partial charge in [0.1, 0.15) is 5.75 Å². The molecule has 0 fully saturated rings. The summed E-state index contributed by atoms with van der Waals surface area (Å²) in [5, 5.41) is 3.44. The Kier molecular flexibility index (Phi) is 6.66. The first-order valence-electron chi connectivity index (χ1n) is 6.40. The first-order chi connectivity index (χ1) is 8.97. The van der Waals surface area contributed by atoms with E-state index in [0.29, 0.717) is 10.8 Å². The van der Waals surface area contributed by atoms with Crippen molar-refractivity contribution in [1.82, 2.24) is 5.32 Å². The van der Waals surface area contributed by atoms with Gasteiger partial charge in [-0.1, -0.05) is 41.4 Å². The molecule has 1 N–H and O–H groups in total. The zero-order chi connectivity index (χ0) is 14.4. The largest absolute Gasteiger partial charge is 0.479 e. The van der Waals surface area contributed by atoms with E-state index in [1.807, 2.05) is 19.9 Å². The van der Waals surface area contributed by atoms with Crippen LogP contribution < -0.4 is 10.1 Å². The van der Waals surface area contributed by atoms with Crippen molar-refractivity contribution < 1.29 is 9.53 Å². The fraction of sp³-hybridized carbons (Fsp3) is 0.500. The van der Waals surface area contributed by atoms with Crippen LogP contribution in [0.5, 0.6) is 5.75 Å². The summed E-state index contributed by atoms with van der Waals surface area (Å²) in [6.45, 7) is 5.81. The van der Waals surface area contributed by atoms with Crippen LogP contribution in [0, 0.1) is 0 Å². The van der Waals surface area contributed by atoms with Crippen LogP contribution >= 0.6 is 27.5 Å². The Balaban J connectivity index is 2.65. The molecule has 0 aromatic heterocycles. The van der Waals surface area contributed by atoms with Crippen molar-refractivity contribution in [2.75, 3.05) is 0 Å². The Labute approximate surface area is 127 Å². The molecular formula is C14H19BrClNO2. The summed E-state index contributed by atoms with van der Waals surface area (Å²) in [6, 6.07) is 5.50. The average Bonchev–Trinajstić information content (AvgIpc) is 2.39. The van der Waals surface area contributed by atoms with Gasteiger partial charge in [0.15, 0.2) is 6.10 Å². The summed E-state index contributed by atoms with van der Waals surface area (Å²) in [6.07, 6.45) is 1.24. The molecule has 5 heteroatoms. The number of carbonyl (C=O) groups is 1. The number of rotatable bonds is 6. The van der Waals surface area contributed by atoms with E-state index in [1.54, 1.807) is 19.1 Å². The number of hydrogen-bond acceptors (Lipinski definition) is 2. The Morgan fingerprint density at radius 3 is 2.63 bits per heavy atom. The summed E-state index contributed by atoms with van der Waals surface area (Å²) >= 11 is 9.37. The molecule has 0 aliphatic carbocycles. The van der Waals surface area contributed by atoms with E-state index in [9.17, 15) is 4.79 Å². The molecule has 1 amide bonds. The van der Waals surface area contributed by atoms with Crippen molar-refractivity contribution in [2.24, 2.45) is 0 Å². The minimum Gasteiger partial charge on any atom is -0.479 e. The number of amides is 1. The lowest BCUT2D eigenvalue weighted by atomic mass is 10.1. The number of halogens is 2. The third-order valence-electron chi connectivity index (χ3n) is 2.90. The van der Waals surface area contributed by atoms with Gasteiger partial charge in [-0.15, -0.1) is 0 Å². The van der Waals surface area contributed by atoms with Crippen molar-refractivity contribution in [2.45, 2.75) is 45.8 Å². The van der Waals surface area contributed by atoms with Gasteiger partial charge in [-0.05, 0) is 38.0 Å². The predicted molar refractivity (Wildman–Crippen MR) is 81.8 cm³/mol. The molecule has 1 atom stereocenters. The molecule has 0 heterocycles. The maximum absolute atomic E-state index is 12.0. The summed E-state index contributed by atoms with van der Waals surface area (Å²) in [7, 11) is 0. The Morgan fingerprint density at radius 1 is 1.42 bits per heavy atom. The van der Waals surface area contributed by atoms with Crippen LogP contribution in [-0.2, 0) is 4.79 Å². The minimum atomic E-state index is -0.576. The van der Waals surface area contributed by atoms with Gasteiger partial charge in [0.05, 0.1) is 5.02 Å². The molecular weight excluding hydrogens is 330 g/mol. The summed E-state index contributed by atoms with van der Waals surface area (Å²) in [4.78, 5) is 12.0. The van der Waals surface area contributed by atoms with Gasteiger partial charge in [0.25, 0.3) is 5.91 Å². The maximum atomic E-state index is 12.0. The number of benzene rings is 1. The van der Waals surface area contributed by atoms with E-state index in [-0.39, 0.29) is 11.9 Å². The molecule has 1 unspecified atom stereocenters. The highest BCUT2D eigenvalue weighted by molar-refractivity contribution is 9.10. The standard InChI is InChI=1S/C14H19BrClNO2/c1-4-11(5-2)17-14(18)9(3)19-13-8-10(15)6-7-12(13)16/h6-9,11H,4-5H2,1-3H3,(H,17,18). The van der Waals surface area contributed by atoms with Gasteiger partial charge >= 0.3 is 0 Å². The number of ether oxygens (including phenoxy) is 1. The molecule has 0 saturated carbocycles. The Morgan fingerprint density at radius 2 is 2.05 bits per heavy atom. The fourth-order valence-electron chi connectivity index (χ4n) is 1.62. The second kappa shape index (κ2) is 7.75. The van der Waals surface area contributed by atoms with E-state index >= 15 is 0 Å². The molecule has 0 spiro atoms. The van der Waals surface area contributed by atoms with Crippen LogP contribution in [-0.4, -0.2) is 18.1 Å². The monoisotopic (exact) mass is 347 g/mol. The van der Waals surface area contributed by atoms with E-state index in [1.165, 1.54) is 0 Å². The summed E-state index contributed by atoms with van der Waals surface area (Å²) in [5.74, 6) is 0.382. The smallest absolute Gasteiger partial charge is 0.260 e. The van der Waals surface area contributed by atoms with Crippen molar-refractivity contribution in [3.05, 3.63) is 27.7 Å². The van der Waals surface area contributed by atoms with Crippen molar-refractivity contribution in [3.8, 4) is 5.75 Å². The summed E-state index contributed by atoms with van der Waals surface area (Å²) in [5.41, 5.74) is 0. The van der Waals surface area contributed by atoms with Crippen LogP contribution in [0.25, 0.3) is 0 Å². The van der Waals surface area contributed by atoms with Crippen LogP contribution in [0.1, 0.15) is 33.6 Å². The van der Waals surface area contributed by atoms with Crippen molar-refractivity contribution in [3.63, 3.8) is 0 Å². The third kappa shape index (κ3) is 5.03. The van der Waals surface area contributed by atoms with Crippen LogP contribution in [0.3, 0.4) is 0 Å². The fourth-order valence-corrected chi connectivity index (χ4v) is 2.12. The molecule has 0 radical (unpaired) electrons. The molecule has 1 aromatic rings. The van der Waals surface area contributed by atoms with Crippen LogP contribution in [0.2, 0.25) is 5.02 Å². The molecule has 0 saturated heterocycles. The van der Waals surface area contributed by atoms with Crippen LogP contribution in [0.4, 0.5) is 0 Å². The van der Waals surface area contributed by atoms with Crippen LogP contribution in [0.15, 0.2) is 22.7 Å². The van der Waals surface area contributed by atoms with E-state index in [2.05, 4.69) is 21.2 Å². The average molecular weight is 349 g/mol. The second-order valence-electron chi connectivity index (χ2n) is 4.36. The second-order valence-corrected chi connectivity index (χ2v) is 5.68. The number of nitrogens with one attached hydrogen (secondary N) is 1. The van der Waals surface area contributed by atoms with Gasteiger partial charge in [-0.25, -0.2) is 0 Å². The number of carbonyl (C=O) groups excluding carboxylic acids is 1. The maximum Gasteiger partial charge on any atom is 0.260 e. The molecule has 3 nitrogen and oxygen atoms in total. The topological polar surface area (TPSA) is 38.3 Å². The highest BCUT2D eigenvalue weighted by atomic mass is 79.9. The van der Waals surface area contributed by atoms with E-state index < -0.39 is 6.10 Å². The molecule has 0 aliphatic rings. The van der Waals surface area contributed by atoms with E-state index in [0.717, 1.165) is 17.3 Å². The van der Waals surface area contributed by atoms with Crippen molar-refractivity contribution >= 4 is 33.4 Å². The molecule has 19 heavy (non-hydrogen) atoms. The normalized spacial score (nSPS) is 12.3. The van der Waals surface area contributed by atoms with Gasteiger partial charge in [0, 0.05) is 10.5 Å². The van der Waals surface area contributed by atoms with Gasteiger partial charge in [-0.3, -0.25) is 4.79 Å². The first kappa shape index (κ1) is 16.3. The third-order valence-corrected chi connectivity index (χ3v) is 3.70. The van der Waals surface area contributed by atoms with Gasteiger partial charge < -0.3 is 10.1 Å². The quantitative estimate of drug-likeness (QED) is 0.837. The van der Waals surface area contributed by atoms with Gasteiger partial charge in [0.2, 0.25) is 0 Å². The molecule has 106 valence electrons. The molecule has 0 aliphatic heterocycles. The molecule has 0 bridgehead atoms. The summed E-state index contributed by atoms with van der Waals surface area (Å²) < 4.78 is 6.46. The van der Waals surface area contributed by atoms with Crippen molar-refractivity contribution in [1.29, 1.82) is 0 Å². The lowest BCUT2D eigenvalue weighted by Gasteiger charge is -2.20. The molecule has 1 aromatic carbocycles. The SMILES string of the molecule is CCC(CC)NC(=O)C(C)Oc1cc(Br)ccc1Cl. The highest BCUT2D eigenvalue weighted by Crippen LogP contribution is 2.28. The zero-order valence-corrected chi connectivity index (χ0v) is 13.7. The molecule has 1 rings (SSSR count). The number of hydrogen-bond donors (Lipinski definition) is 1. The lowest BCUT2D eigenvalue weighted by molar-refractivity contribution is -0.128. The Hall–Kier alpha value is -0.740. The van der Waals surface area contributed by atoms with E-state index in [4.69, 9.17) is 16.3 Å². The Bertz CT molecular complexity index is 435. The first-order valence-corrected chi connectivity index (χ1v) is 7.57. The lowest BCUT2D eigenvalue weighted by Crippen LogP contribution is -2.42.